The summed E-state index contributed by atoms with van der Waals surface area (Å²) in [7, 11) is 0. The minimum atomic E-state index is 0.713. The Morgan fingerprint density at radius 1 is 0.373 bits per heavy atom. The lowest BCUT2D eigenvalue weighted by atomic mass is 9.85. The van der Waals surface area contributed by atoms with E-state index in [0.29, 0.717) is 5.82 Å². The normalized spacial score (nSPS) is 12.6. The number of aromatic nitrogens is 3. The van der Waals surface area contributed by atoms with Crippen LogP contribution >= 0.6 is 0 Å². The molecule has 2 aromatic heterocycles. The van der Waals surface area contributed by atoms with Gasteiger partial charge in [-0.3, -0.25) is 4.57 Å². The van der Waals surface area contributed by atoms with E-state index in [2.05, 4.69) is 180 Å². The Morgan fingerprint density at radius 2 is 0.980 bits per heavy atom. The number of hydrogen-bond donors (Lipinski definition) is 0. The van der Waals surface area contributed by atoms with E-state index in [1.807, 2.05) is 0 Å². The van der Waals surface area contributed by atoms with E-state index in [4.69, 9.17) is 9.97 Å². The molecule has 8 aromatic carbocycles. The van der Waals surface area contributed by atoms with Crippen molar-refractivity contribution in [2.75, 3.05) is 0 Å². The molecule has 0 saturated carbocycles. The maximum absolute atomic E-state index is 5.45. The monoisotopic (exact) mass is 647 g/mol. The summed E-state index contributed by atoms with van der Waals surface area (Å²) in [6.07, 6.45) is 0. The van der Waals surface area contributed by atoms with Crippen LogP contribution in [0.5, 0.6) is 0 Å². The Bertz CT molecular complexity index is 3060. The predicted octanol–water partition coefficient (Wildman–Crippen LogP) is 12.0. The molecule has 0 radical (unpaired) electrons. The molecular weight excluding hydrogens is 619 g/mol. The van der Waals surface area contributed by atoms with Gasteiger partial charge in [0, 0.05) is 21.7 Å². The van der Waals surface area contributed by atoms with Crippen molar-refractivity contribution in [3.05, 3.63) is 198 Å². The summed E-state index contributed by atoms with van der Waals surface area (Å²) in [6.45, 7) is 0. The highest BCUT2D eigenvalue weighted by atomic mass is 15.1. The molecule has 0 bridgehead atoms. The molecular formula is C48H29N3. The molecule has 11 rings (SSSR count). The smallest absolute Gasteiger partial charge is 0.162 e. The Balaban J connectivity index is 1.30. The number of benzene rings is 8. The topological polar surface area (TPSA) is 30.7 Å². The summed E-state index contributed by atoms with van der Waals surface area (Å²) in [5.74, 6) is 1.59. The summed E-state index contributed by atoms with van der Waals surface area (Å²) in [5.41, 5.74) is 11.5. The van der Waals surface area contributed by atoms with Crippen LogP contribution in [0.3, 0.4) is 0 Å². The summed E-state index contributed by atoms with van der Waals surface area (Å²) < 4.78 is 2.38. The van der Waals surface area contributed by atoms with E-state index in [1.165, 1.54) is 65.7 Å². The first-order valence-electron chi connectivity index (χ1n) is 17.4. The molecule has 0 saturated heterocycles. The lowest BCUT2D eigenvalue weighted by molar-refractivity contribution is 1.08. The first kappa shape index (κ1) is 28.0. The minimum Gasteiger partial charge on any atom is -0.293 e. The summed E-state index contributed by atoms with van der Waals surface area (Å²) >= 11 is 0. The van der Waals surface area contributed by atoms with Gasteiger partial charge in [-0.2, -0.15) is 0 Å². The number of fused-ring (bicyclic) bond motifs is 2. The zero-order chi connectivity index (χ0) is 33.5. The van der Waals surface area contributed by atoms with Crippen LogP contribution in [0.25, 0.3) is 82.6 Å². The van der Waals surface area contributed by atoms with Crippen molar-refractivity contribution < 1.29 is 0 Å². The van der Waals surface area contributed by atoms with Crippen molar-refractivity contribution in [1.82, 2.24) is 14.5 Å². The van der Waals surface area contributed by atoms with Crippen LogP contribution in [0, 0.1) is 0 Å². The molecule has 2 heterocycles. The zero-order valence-electron chi connectivity index (χ0n) is 27.6. The number of para-hydroxylation sites is 1. The number of hydrogen-bond acceptors (Lipinski definition) is 2. The van der Waals surface area contributed by atoms with Gasteiger partial charge >= 0.3 is 0 Å². The van der Waals surface area contributed by atoms with Crippen molar-refractivity contribution >= 4 is 65.4 Å². The van der Waals surface area contributed by atoms with Crippen LogP contribution in [-0.2, 0) is 0 Å². The summed E-state index contributed by atoms with van der Waals surface area (Å²) in [6, 6.07) is 63.2. The molecule has 236 valence electrons. The molecule has 0 fully saturated rings. The van der Waals surface area contributed by atoms with Gasteiger partial charge in [-0.25, -0.2) is 9.97 Å². The average Bonchev–Trinajstić information content (AvgIpc) is 3.47. The summed E-state index contributed by atoms with van der Waals surface area (Å²) in [5, 5.41) is 8.37. The third kappa shape index (κ3) is 4.12. The Hall–Kier alpha value is -6.84. The molecule has 0 unspecified atom stereocenters. The lowest BCUT2D eigenvalue weighted by Crippen LogP contribution is -2.03. The van der Waals surface area contributed by atoms with Crippen LogP contribution in [0.2, 0.25) is 0 Å². The average molecular weight is 648 g/mol. The Morgan fingerprint density at radius 3 is 1.76 bits per heavy atom. The second-order valence-electron chi connectivity index (χ2n) is 13.3. The molecule has 1 aliphatic rings. The fraction of sp³-hybridized carbons (Fsp3) is 0. The number of rotatable bonds is 4. The van der Waals surface area contributed by atoms with Gasteiger partial charge in [0.2, 0.25) is 0 Å². The van der Waals surface area contributed by atoms with Crippen molar-refractivity contribution in [2.45, 2.75) is 0 Å². The molecule has 1 aliphatic carbocycles. The van der Waals surface area contributed by atoms with E-state index in [1.54, 1.807) is 0 Å². The van der Waals surface area contributed by atoms with Gasteiger partial charge in [0.05, 0.1) is 16.6 Å². The standard InChI is InChI=1S/C48H29N3/c1-3-14-31(15-4-1)42-37-21-11-19-33-27-28-41-46(44(33)37)45-38(43(42)32-16-5-2-6-17-32)22-12-24-40(45)51(41)48-36-20-9-10-23-39(36)49-47(50-48)35-26-25-30-13-7-8-18-34(30)29-35/h1-29H. The maximum atomic E-state index is 5.45. The van der Waals surface area contributed by atoms with Crippen molar-refractivity contribution in [3.63, 3.8) is 0 Å². The van der Waals surface area contributed by atoms with E-state index in [9.17, 15) is 0 Å². The van der Waals surface area contributed by atoms with E-state index in [-0.39, 0.29) is 0 Å². The molecule has 0 aliphatic heterocycles. The molecule has 0 spiro atoms. The second-order valence-corrected chi connectivity index (χ2v) is 13.3. The van der Waals surface area contributed by atoms with Crippen molar-refractivity contribution in [1.29, 1.82) is 0 Å². The number of nitrogens with zero attached hydrogens (tertiary/aromatic N) is 3. The third-order valence-electron chi connectivity index (χ3n) is 10.5. The predicted molar refractivity (Wildman–Crippen MR) is 212 cm³/mol. The Kier molecular flexibility index (Phi) is 5.96. The summed E-state index contributed by atoms with van der Waals surface area (Å²) in [4.78, 5) is 10.6. The minimum absolute atomic E-state index is 0.713. The lowest BCUT2D eigenvalue weighted by Gasteiger charge is -2.19. The van der Waals surface area contributed by atoms with Gasteiger partial charge in [-0.05, 0) is 85.3 Å². The Labute approximate surface area is 294 Å². The van der Waals surface area contributed by atoms with Crippen LogP contribution in [0.15, 0.2) is 176 Å². The van der Waals surface area contributed by atoms with Crippen LogP contribution < -0.4 is 0 Å². The van der Waals surface area contributed by atoms with E-state index < -0.39 is 0 Å². The molecule has 0 N–H and O–H groups in total. The van der Waals surface area contributed by atoms with Crippen LogP contribution in [0.4, 0.5) is 0 Å². The van der Waals surface area contributed by atoms with Gasteiger partial charge in [0.25, 0.3) is 0 Å². The quantitative estimate of drug-likeness (QED) is 0.190. The van der Waals surface area contributed by atoms with E-state index in [0.717, 1.165) is 33.3 Å². The SMILES string of the molecule is c1ccc(C2=C(c3ccccc3)c3cccc4c3c3c5c2cccc5ccc3n4-c2nc(-c3ccc4ccccc4c3)nc3ccccc23)cc1. The molecule has 51 heavy (non-hydrogen) atoms. The first-order valence-corrected chi connectivity index (χ1v) is 17.4. The van der Waals surface area contributed by atoms with Gasteiger partial charge in [-0.15, -0.1) is 0 Å². The van der Waals surface area contributed by atoms with Gasteiger partial charge in [0.1, 0.15) is 5.82 Å². The molecule has 3 heteroatoms. The molecule has 0 atom stereocenters. The van der Waals surface area contributed by atoms with Gasteiger partial charge < -0.3 is 0 Å². The van der Waals surface area contributed by atoms with E-state index >= 15 is 0 Å². The molecule has 10 aromatic rings. The van der Waals surface area contributed by atoms with Crippen molar-refractivity contribution in [2.24, 2.45) is 0 Å². The molecule has 0 amide bonds. The van der Waals surface area contributed by atoms with Gasteiger partial charge in [-0.1, -0.05) is 146 Å². The van der Waals surface area contributed by atoms with Gasteiger partial charge in [0.15, 0.2) is 5.82 Å². The highest BCUT2D eigenvalue weighted by molar-refractivity contribution is 6.31. The molecule has 3 nitrogen and oxygen atoms in total. The fourth-order valence-electron chi connectivity index (χ4n) is 8.34. The largest absolute Gasteiger partial charge is 0.293 e. The first-order chi connectivity index (χ1) is 25.3. The fourth-order valence-corrected chi connectivity index (χ4v) is 8.34. The van der Waals surface area contributed by atoms with Crippen molar-refractivity contribution in [3.8, 4) is 17.2 Å². The third-order valence-corrected chi connectivity index (χ3v) is 10.5. The van der Waals surface area contributed by atoms with Crippen LogP contribution in [-0.4, -0.2) is 14.5 Å². The highest BCUT2D eigenvalue weighted by Gasteiger charge is 2.28. The van der Waals surface area contributed by atoms with Crippen LogP contribution in [0.1, 0.15) is 22.3 Å². The highest BCUT2D eigenvalue weighted by Crippen LogP contribution is 2.50. The maximum Gasteiger partial charge on any atom is 0.162 e. The zero-order valence-corrected chi connectivity index (χ0v) is 27.6. The second kappa shape index (κ2) is 10.8.